The minimum absolute atomic E-state index is 0.120. The van der Waals surface area contributed by atoms with Gasteiger partial charge in [-0.25, -0.2) is 10.8 Å². The van der Waals surface area contributed by atoms with Crippen LogP contribution in [0.2, 0.25) is 5.02 Å². The molecule has 1 heterocycles. The molecule has 1 aliphatic rings. The average Bonchev–Trinajstić information content (AvgIpc) is 2.47. The number of hydrazine groups is 1. The summed E-state index contributed by atoms with van der Waals surface area (Å²) in [5, 5.41) is 3.48. The predicted octanol–water partition coefficient (Wildman–Crippen LogP) is 2.97. The summed E-state index contributed by atoms with van der Waals surface area (Å²) in [6.07, 6.45) is 6.13. The maximum absolute atomic E-state index is 12.4. The molecule has 0 aromatic carbocycles. The molecule has 1 aromatic rings. The number of nitrogens with two attached hydrogens (primary N) is 1. The van der Waals surface area contributed by atoms with Crippen LogP contribution in [0.15, 0.2) is 12.3 Å². The van der Waals surface area contributed by atoms with Gasteiger partial charge in [0.15, 0.2) is 5.82 Å². The maximum atomic E-state index is 12.4. The molecule has 116 valence electrons. The van der Waals surface area contributed by atoms with Crippen molar-refractivity contribution < 1.29 is 4.79 Å². The number of anilines is 1. The number of nitrogen functional groups attached to an aromatic ring is 1. The van der Waals surface area contributed by atoms with Crippen LogP contribution in [0.4, 0.5) is 5.82 Å². The van der Waals surface area contributed by atoms with Gasteiger partial charge < -0.3 is 10.7 Å². The summed E-state index contributed by atoms with van der Waals surface area (Å²) in [6.45, 7) is 4.44. The van der Waals surface area contributed by atoms with E-state index in [9.17, 15) is 4.79 Å². The first kappa shape index (κ1) is 16.0. The largest absolute Gasteiger partial charge is 0.349 e. The number of carbonyl (C=O) groups is 1. The van der Waals surface area contributed by atoms with Crippen molar-refractivity contribution in [3.8, 4) is 0 Å². The minimum atomic E-state index is -0.120. The molecule has 4 N–H and O–H groups in total. The lowest BCUT2D eigenvalue weighted by Gasteiger charge is -2.34. The Morgan fingerprint density at radius 3 is 2.76 bits per heavy atom. The fourth-order valence-electron chi connectivity index (χ4n) is 3.06. The monoisotopic (exact) mass is 310 g/mol. The van der Waals surface area contributed by atoms with Crippen LogP contribution in [-0.4, -0.2) is 16.9 Å². The van der Waals surface area contributed by atoms with Crippen molar-refractivity contribution in [3.63, 3.8) is 0 Å². The van der Waals surface area contributed by atoms with Crippen LogP contribution >= 0.6 is 11.6 Å². The Bertz CT molecular complexity index is 506. The second-order valence-corrected chi connectivity index (χ2v) is 6.38. The number of aromatic nitrogens is 1. The molecule has 0 saturated heterocycles. The first-order valence-electron chi connectivity index (χ1n) is 7.46. The number of hydrogen-bond donors (Lipinski definition) is 3. The van der Waals surface area contributed by atoms with E-state index >= 15 is 0 Å². The zero-order chi connectivity index (χ0) is 15.4. The maximum Gasteiger partial charge on any atom is 0.253 e. The minimum Gasteiger partial charge on any atom is -0.349 e. The molecular weight excluding hydrogens is 288 g/mol. The fraction of sp³-hybridized carbons (Fsp3) is 0.600. The Morgan fingerprint density at radius 2 is 2.14 bits per heavy atom. The normalized spacial score (nSPS) is 22.1. The van der Waals surface area contributed by atoms with Gasteiger partial charge in [0.1, 0.15) is 0 Å². The molecule has 2 unspecified atom stereocenters. The summed E-state index contributed by atoms with van der Waals surface area (Å²) in [6, 6.07) is 1.82. The van der Waals surface area contributed by atoms with E-state index in [2.05, 4.69) is 29.6 Å². The van der Waals surface area contributed by atoms with Crippen LogP contribution in [0.3, 0.4) is 0 Å². The predicted molar refractivity (Wildman–Crippen MR) is 85.1 cm³/mol. The Hall–Kier alpha value is -1.33. The lowest BCUT2D eigenvalue weighted by molar-refractivity contribution is 0.0889. The van der Waals surface area contributed by atoms with E-state index < -0.39 is 0 Å². The number of halogens is 1. The summed E-state index contributed by atoms with van der Waals surface area (Å²) in [5.41, 5.74) is 2.85. The lowest BCUT2D eigenvalue weighted by atomic mass is 9.78. The highest BCUT2D eigenvalue weighted by Crippen LogP contribution is 2.30. The Balaban J connectivity index is 2.07. The zero-order valence-corrected chi connectivity index (χ0v) is 13.3. The van der Waals surface area contributed by atoms with E-state index in [0.717, 1.165) is 6.42 Å². The number of carbonyl (C=O) groups excluding carboxylic acids is 1. The highest BCUT2D eigenvalue weighted by atomic mass is 35.5. The van der Waals surface area contributed by atoms with Gasteiger partial charge in [-0.3, -0.25) is 4.79 Å². The Labute approximate surface area is 130 Å². The quantitative estimate of drug-likeness (QED) is 0.590. The number of amides is 1. The number of pyridine rings is 1. The highest BCUT2D eigenvalue weighted by molar-refractivity contribution is 6.33. The molecule has 1 aromatic heterocycles. The van der Waals surface area contributed by atoms with Crippen molar-refractivity contribution >= 4 is 23.3 Å². The zero-order valence-electron chi connectivity index (χ0n) is 12.5. The summed E-state index contributed by atoms with van der Waals surface area (Å²) in [7, 11) is 0. The van der Waals surface area contributed by atoms with E-state index in [1.165, 1.54) is 25.5 Å². The molecule has 6 heteroatoms. The summed E-state index contributed by atoms with van der Waals surface area (Å²) >= 11 is 6.01. The van der Waals surface area contributed by atoms with Crippen LogP contribution in [0.1, 0.15) is 49.9 Å². The van der Waals surface area contributed by atoms with Gasteiger partial charge in [-0.05, 0) is 30.7 Å². The number of nitrogens with zero attached hydrogens (tertiary/aromatic N) is 1. The van der Waals surface area contributed by atoms with E-state index in [1.54, 1.807) is 6.07 Å². The first-order valence-corrected chi connectivity index (χ1v) is 7.83. The Kier molecular flexibility index (Phi) is 5.42. The van der Waals surface area contributed by atoms with Gasteiger partial charge in [0, 0.05) is 12.2 Å². The van der Waals surface area contributed by atoms with Gasteiger partial charge in [-0.1, -0.05) is 38.3 Å². The molecule has 0 spiro atoms. The molecule has 1 fully saturated rings. The molecule has 2 atom stereocenters. The average molecular weight is 311 g/mol. The van der Waals surface area contributed by atoms with Crippen molar-refractivity contribution in [3.05, 3.63) is 22.8 Å². The van der Waals surface area contributed by atoms with Crippen LogP contribution in [0, 0.1) is 11.8 Å². The van der Waals surface area contributed by atoms with Crippen molar-refractivity contribution in [2.45, 2.75) is 45.6 Å². The molecule has 0 bridgehead atoms. The molecule has 5 nitrogen and oxygen atoms in total. The Morgan fingerprint density at radius 1 is 1.43 bits per heavy atom. The lowest BCUT2D eigenvalue weighted by Crippen LogP contribution is -2.44. The van der Waals surface area contributed by atoms with Gasteiger partial charge in [0.25, 0.3) is 5.91 Å². The second kappa shape index (κ2) is 7.09. The summed E-state index contributed by atoms with van der Waals surface area (Å²) < 4.78 is 0. The molecule has 1 saturated carbocycles. The number of rotatable bonds is 4. The van der Waals surface area contributed by atoms with Crippen LogP contribution in [-0.2, 0) is 0 Å². The number of hydrogen-bond acceptors (Lipinski definition) is 4. The van der Waals surface area contributed by atoms with E-state index in [0.29, 0.717) is 28.2 Å². The smallest absolute Gasteiger partial charge is 0.253 e. The summed E-state index contributed by atoms with van der Waals surface area (Å²) in [5.74, 6) is 6.64. The third kappa shape index (κ3) is 3.86. The van der Waals surface area contributed by atoms with Crippen molar-refractivity contribution in [1.29, 1.82) is 0 Å². The van der Waals surface area contributed by atoms with Gasteiger partial charge in [0.2, 0.25) is 0 Å². The fourth-order valence-corrected chi connectivity index (χ4v) is 3.28. The molecule has 0 aliphatic heterocycles. The van der Waals surface area contributed by atoms with Crippen LogP contribution < -0.4 is 16.6 Å². The van der Waals surface area contributed by atoms with Crippen LogP contribution in [0.5, 0.6) is 0 Å². The number of nitrogens with one attached hydrogen (secondary N) is 2. The van der Waals surface area contributed by atoms with Crippen LogP contribution in [0.25, 0.3) is 0 Å². The van der Waals surface area contributed by atoms with E-state index in [4.69, 9.17) is 17.4 Å². The molecule has 2 rings (SSSR count). The van der Waals surface area contributed by atoms with Gasteiger partial charge in [0.05, 0.1) is 10.6 Å². The van der Waals surface area contributed by atoms with Gasteiger partial charge in [-0.15, -0.1) is 0 Å². The van der Waals surface area contributed by atoms with E-state index in [-0.39, 0.29) is 11.9 Å². The second-order valence-electron chi connectivity index (χ2n) is 5.97. The highest BCUT2D eigenvalue weighted by Gasteiger charge is 2.29. The molecule has 0 radical (unpaired) electrons. The SMILES string of the molecule is CC(C)C1CCCCC1NC(=O)c1cnc(NN)c(Cl)c1. The van der Waals surface area contributed by atoms with Crippen molar-refractivity contribution in [2.75, 3.05) is 5.43 Å². The third-order valence-corrected chi connectivity index (χ3v) is 4.52. The molecule has 1 amide bonds. The third-order valence-electron chi connectivity index (χ3n) is 4.23. The van der Waals surface area contributed by atoms with Gasteiger partial charge in [-0.2, -0.15) is 0 Å². The van der Waals surface area contributed by atoms with Crippen molar-refractivity contribution in [2.24, 2.45) is 17.7 Å². The molecule has 1 aliphatic carbocycles. The van der Waals surface area contributed by atoms with Crippen molar-refractivity contribution in [1.82, 2.24) is 10.3 Å². The molecule has 21 heavy (non-hydrogen) atoms. The van der Waals surface area contributed by atoms with E-state index in [1.807, 2.05) is 0 Å². The first-order chi connectivity index (χ1) is 10.0. The van der Waals surface area contributed by atoms with Gasteiger partial charge >= 0.3 is 0 Å². The standard InChI is InChI=1S/C15H23ClN4O/c1-9(2)11-5-3-4-6-13(11)19-15(21)10-7-12(16)14(20-17)18-8-10/h7-9,11,13H,3-6,17H2,1-2H3,(H,18,20)(H,19,21). The topological polar surface area (TPSA) is 80.0 Å². The molecular formula is C15H23ClN4O. The summed E-state index contributed by atoms with van der Waals surface area (Å²) in [4.78, 5) is 16.4.